The van der Waals surface area contributed by atoms with Crippen LogP contribution in [0, 0.1) is 0 Å². The first-order valence-electron chi connectivity index (χ1n) is 7.38. The molecule has 2 atom stereocenters. The Morgan fingerprint density at radius 3 is 2.39 bits per heavy atom. The van der Waals surface area contributed by atoms with Crippen LogP contribution in [-0.2, 0) is 10.0 Å². The van der Waals surface area contributed by atoms with Gasteiger partial charge >= 0.3 is 0 Å². The zero-order valence-electron chi connectivity index (χ0n) is 13.6. The zero-order chi connectivity index (χ0) is 16.3. The number of amides is 1. The van der Waals surface area contributed by atoms with Crippen LogP contribution in [-0.4, -0.2) is 51.9 Å². The first-order chi connectivity index (χ1) is 10.3. The molecular weight excluding hydrogens is 338 g/mol. The summed E-state index contributed by atoms with van der Waals surface area (Å²) >= 11 is 0. The van der Waals surface area contributed by atoms with E-state index in [9.17, 15) is 13.2 Å². The third-order valence-electron chi connectivity index (χ3n) is 3.89. The Balaban J connectivity index is 0.00000264. The van der Waals surface area contributed by atoms with Crippen molar-refractivity contribution >= 4 is 28.3 Å². The minimum atomic E-state index is -3.57. The number of carbonyl (C=O) groups is 1. The standard InChI is InChI=1S/C15H23N3O3S.ClH/c1-11-14(5-4-10-16-11)17-22(20,21)13-8-6-12(7-9-13)15(19)18(2)3;/h6-9,11,14,16-17H,4-5,10H2,1-3H3;1H. The Labute approximate surface area is 144 Å². The minimum Gasteiger partial charge on any atom is -0.345 e. The number of piperidine rings is 1. The lowest BCUT2D eigenvalue weighted by Crippen LogP contribution is -2.51. The number of hydrogen-bond acceptors (Lipinski definition) is 4. The molecule has 23 heavy (non-hydrogen) atoms. The molecule has 8 heteroatoms. The summed E-state index contributed by atoms with van der Waals surface area (Å²) in [6, 6.07) is 6.03. The molecular formula is C15H24ClN3O3S. The van der Waals surface area contributed by atoms with Crippen LogP contribution in [0.15, 0.2) is 29.2 Å². The van der Waals surface area contributed by atoms with Crippen molar-refractivity contribution in [3.8, 4) is 0 Å². The van der Waals surface area contributed by atoms with Crippen LogP contribution in [0.2, 0.25) is 0 Å². The molecule has 130 valence electrons. The number of nitrogens with zero attached hydrogens (tertiary/aromatic N) is 1. The largest absolute Gasteiger partial charge is 0.345 e. The second kappa shape index (κ2) is 8.10. The predicted octanol–water partition coefficient (Wildman–Crippen LogP) is 1.23. The molecule has 2 rings (SSSR count). The van der Waals surface area contributed by atoms with E-state index in [4.69, 9.17) is 0 Å². The number of carbonyl (C=O) groups excluding carboxylic acids is 1. The fourth-order valence-corrected chi connectivity index (χ4v) is 3.86. The van der Waals surface area contributed by atoms with Crippen LogP contribution in [0.4, 0.5) is 0 Å². The van der Waals surface area contributed by atoms with E-state index < -0.39 is 10.0 Å². The van der Waals surface area contributed by atoms with Gasteiger partial charge in [-0.05, 0) is 50.6 Å². The quantitative estimate of drug-likeness (QED) is 0.845. The fraction of sp³-hybridized carbons (Fsp3) is 0.533. The smallest absolute Gasteiger partial charge is 0.253 e. The zero-order valence-corrected chi connectivity index (χ0v) is 15.2. The molecule has 1 aromatic rings. The van der Waals surface area contributed by atoms with Crippen LogP contribution in [0.1, 0.15) is 30.1 Å². The molecule has 0 aliphatic carbocycles. The maximum atomic E-state index is 12.4. The van der Waals surface area contributed by atoms with Crippen molar-refractivity contribution in [3.63, 3.8) is 0 Å². The molecule has 6 nitrogen and oxygen atoms in total. The Morgan fingerprint density at radius 2 is 1.87 bits per heavy atom. The second-order valence-corrected chi connectivity index (χ2v) is 7.55. The molecule has 2 unspecified atom stereocenters. The highest BCUT2D eigenvalue weighted by molar-refractivity contribution is 7.89. The van der Waals surface area contributed by atoms with Crippen molar-refractivity contribution in [1.82, 2.24) is 14.9 Å². The van der Waals surface area contributed by atoms with Gasteiger partial charge in [-0.1, -0.05) is 0 Å². The highest BCUT2D eigenvalue weighted by Crippen LogP contribution is 2.15. The van der Waals surface area contributed by atoms with Crippen molar-refractivity contribution < 1.29 is 13.2 Å². The van der Waals surface area contributed by atoms with E-state index in [1.165, 1.54) is 17.0 Å². The van der Waals surface area contributed by atoms with Crippen molar-refractivity contribution in [1.29, 1.82) is 0 Å². The topological polar surface area (TPSA) is 78.5 Å². The highest BCUT2D eigenvalue weighted by atomic mass is 35.5. The number of halogens is 1. The van der Waals surface area contributed by atoms with E-state index in [0.717, 1.165) is 19.4 Å². The predicted molar refractivity (Wildman–Crippen MR) is 92.5 cm³/mol. The summed E-state index contributed by atoms with van der Waals surface area (Å²) in [6.07, 6.45) is 1.78. The highest BCUT2D eigenvalue weighted by Gasteiger charge is 2.26. The van der Waals surface area contributed by atoms with Gasteiger partial charge in [0.15, 0.2) is 0 Å². The van der Waals surface area contributed by atoms with Gasteiger partial charge in [0.25, 0.3) is 5.91 Å². The monoisotopic (exact) mass is 361 g/mol. The molecule has 0 spiro atoms. The van der Waals surface area contributed by atoms with E-state index in [0.29, 0.717) is 5.56 Å². The van der Waals surface area contributed by atoms with Crippen LogP contribution >= 0.6 is 12.4 Å². The average molecular weight is 362 g/mol. The van der Waals surface area contributed by atoms with E-state index in [-0.39, 0.29) is 35.3 Å². The number of hydrogen-bond donors (Lipinski definition) is 2. The lowest BCUT2D eigenvalue weighted by atomic mass is 10.0. The van der Waals surface area contributed by atoms with Gasteiger partial charge in [-0.15, -0.1) is 12.4 Å². The van der Waals surface area contributed by atoms with Crippen molar-refractivity contribution in [2.24, 2.45) is 0 Å². The Kier molecular flexibility index (Phi) is 7.01. The molecule has 1 saturated heterocycles. The number of sulfonamides is 1. The van der Waals surface area contributed by atoms with Crippen molar-refractivity contribution in [3.05, 3.63) is 29.8 Å². The van der Waals surface area contributed by atoms with E-state index >= 15 is 0 Å². The van der Waals surface area contributed by atoms with Crippen LogP contribution in [0.3, 0.4) is 0 Å². The SMILES string of the molecule is CC1NCCCC1NS(=O)(=O)c1ccc(C(=O)N(C)C)cc1.Cl. The van der Waals surface area contributed by atoms with Gasteiger partial charge in [0.05, 0.1) is 4.90 Å². The maximum Gasteiger partial charge on any atom is 0.253 e. The Morgan fingerprint density at radius 1 is 1.26 bits per heavy atom. The van der Waals surface area contributed by atoms with Crippen molar-refractivity contribution in [2.45, 2.75) is 36.7 Å². The first-order valence-corrected chi connectivity index (χ1v) is 8.87. The summed E-state index contributed by atoms with van der Waals surface area (Å²) in [5, 5.41) is 3.27. The van der Waals surface area contributed by atoms with Gasteiger partial charge in [0.2, 0.25) is 10.0 Å². The number of rotatable bonds is 4. The second-order valence-electron chi connectivity index (χ2n) is 5.84. The van der Waals surface area contributed by atoms with Gasteiger partial charge in [0, 0.05) is 31.7 Å². The summed E-state index contributed by atoms with van der Waals surface area (Å²) in [6.45, 7) is 2.89. The molecule has 0 saturated carbocycles. The summed E-state index contributed by atoms with van der Waals surface area (Å²) in [7, 11) is -0.253. The normalized spacial score (nSPS) is 21.3. The fourth-order valence-electron chi connectivity index (χ4n) is 2.51. The number of nitrogens with one attached hydrogen (secondary N) is 2. The summed E-state index contributed by atoms with van der Waals surface area (Å²) in [4.78, 5) is 13.5. The molecule has 1 aromatic carbocycles. The summed E-state index contributed by atoms with van der Waals surface area (Å²) < 4.78 is 27.6. The maximum absolute atomic E-state index is 12.4. The molecule has 0 aromatic heterocycles. The first kappa shape index (κ1) is 19.9. The average Bonchev–Trinajstić information content (AvgIpc) is 2.49. The van der Waals surface area contributed by atoms with Gasteiger partial charge in [0.1, 0.15) is 0 Å². The van der Waals surface area contributed by atoms with Gasteiger partial charge in [-0.2, -0.15) is 0 Å². The Hall–Kier alpha value is -1.15. The van der Waals surface area contributed by atoms with Crippen LogP contribution in [0.5, 0.6) is 0 Å². The van der Waals surface area contributed by atoms with Gasteiger partial charge < -0.3 is 10.2 Å². The lowest BCUT2D eigenvalue weighted by molar-refractivity contribution is 0.0827. The third-order valence-corrected chi connectivity index (χ3v) is 5.39. The molecule has 1 aliphatic heterocycles. The number of benzene rings is 1. The molecule has 1 aliphatic rings. The van der Waals surface area contributed by atoms with Crippen LogP contribution < -0.4 is 10.0 Å². The molecule has 0 radical (unpaired) electrons. The van der Waals surface area contributed by atoms with E-state index in [2.05, 4.69) is 10.0 Å². The summed E-state index contributed by atoms with van der Waals surface area (Å²) in [5.41, 5.74) is 0.469. The van der Waals surface area contributed by atoms with Crippen molar-refractivity contribution in [2.75, 3.05) is 20.6 Å². The van der Waals surface area contributed by atoms with Gasteiger partial charge in [-0.3, -0.25) is 4.79 Å². The van der Waals surface area contributed by atoms with Crippen LogP contribution in [0.25, 0.3) is 0 Å². The molecule has 1 fully saturated rings. The molecule has 1 amide bonds. The van der Waals surface area contributed by atoms with E-state index in [1.54, 1.807) is 26.2 Å². The molecule has 1 heterocycles. The minimum absolute atomic E-state index is 0. The molecule has 2 N–H and O–H groups in total. The Bertz CT molecular complexity index is 632. The third kappa shape index (κ3) is 4.91. The van der Waals surface area contributed by atoms with Gasteiger partial charge in [-0.25, -0.2) is 13.1 Å². The lowest BCUT2D eigenvalue weighted by Gasteiger charge is -2.30. The van der Waals surface area contributed by atoms with E-state index in [1.807, 2.05) is 6.92 Å². The summed E-state index contributed by atoms with van der Waals surface area (Å²) in [5.74, 6) is -0.151. The molecule has 0 bridgehead atoms.